The second-order valence-corrected chi connectivity index (χ2v) is 12.3. The van der Waals surface area contributed by atoms with Gasteiger partial charge in [0.05, 0.1) is 0 Å². The van der Waals surface area contributed by atoms with Crippen molar-refractivity contribution in [2.24, 2.45) is 32.5 Å². The van der Waals surface area contributed by atoms with Crippen molar-refractivity contribution in [1.82, 2.24) is 0 Å². The summed E-state index contributed by atoms with van der Waals surface area (Å²) in [4.78, 5) is 0. The van der Waals surface area contributed by atoms with Crippen LogP contribution in [0.2, 0.25) is 0 Å². The van der Waals surface area contributed by atoms with Gasteiger partial charge >= 0.3 is 0 Å². The fraction of sp³-hybridized carbons (Fsp3) is 1.00. The minimum Gasteiger partial charge on any atom is -0.0649 e. The summed E-state index contributed by atoms with van der Waals surface area (Å²) in [6.07, 6.45) is 3.77. The summed E-state index contributed by atoms with van der Waals surface area (Å²) >= 11 is 0. The average Bonchev–Trinajstić information content (AvgIpc) is 2.44. The molecule has 0 radical (unpaired) electrons. The summed E-state index contributed by atoms with van der Waals surface area (Å²) in [5.74, 6) is 0. The Balaban J connectivity index is 0. The summed E-state index contributed by atoms with van der Waals surface area (Å²) in [5.41, 5.74) is 2.43. The molecule has 25 heavy (non-hydrogen) atoms. The third-order valence-electron chi connectivity index (χ3n) is 9.19. The maximum Gasteiger partial charge on any atom is -0.0229 e. The van der Waals surface area contributed by atoms with Crippen molar-refractivity contribution in [3.63, 3.8) is 0 Å². The standard InChI is InChI=1S/C13H28.C12H26/c1-9-12(6,7)13(8,10-2)11(3,4)5;1-9-11(5,6)12(7,8)10(2,3)4/h9-10H2,1-8H3;9H2,1-8H3. The molecule has 0 rings (SSSR count). The fourth-order valence-corrected chi connectivity index (χ4v) is 3.87. The first-order valence-corrected chi connectivity index (χ1v) is 10.7. The zero-order valence-electron chi connectivity index (χ0n) is 21.1. The molecule has 0 amide bonds. The highest BCUT2D eigenvalue weighted by atomic mass is 14.5. The van der Waals surface area contributed by atoms with Crippen LogP contribution in [0.25, 0.3) is 0 Å². The van der Waals surface area contributed by atoms with Gasteiger partial charge in [0.1, 0.15) is 0 Å². The van der Waals surface area contributed by atoms with Crippen molar-refractivity contribution in [2.75, 3.05) is 0 Å². The molecule has 0 aliphatic rings. The summed E-state index contributed by atoms with van der Waals surface area (Å²) < 4.78 is 0. The van der Waals surface area contributed by atoms with E-state index in [1.54, 1.807) is 0 Å². The van der Waals surface area contributed by atoms with E-state index in [-0.39, 0.29) is 0 Å². The molecule has 0 spiro atoms. The van der Waals surface area contributed by atoms with Crippen LogP contribution in [0, 0.1) is 32.5 Å². The van der Waals surface area contributed by atoms with E-state index in [0.29, 0.717) is 32.5 Å². The first-order valence-electron chi connectivity index (χ1n) is 10.7. The Morgan fingerprint density at radius 3 is 0.800 bits per heavy atom. The highest BCUT2D eigenvalue weighted by Crippen LogP contribution is 2.55. The van der Waals surface area contributed by atoms with Gasteiger partial charge in [0.15, 0.2) is 0 Å². The molecule has 0 bridgehead atoms. The van der Waals surface area contributed by atoms with Crippen LogP contribution in [0.1, 0.15) is 130 Å². The maximum atomic E-state index is 2.44. The molecule has 0 aromatic rings. The van der Waals surface area contributed by atoms with E-state index in [1.807, 2.05) is 0 Å². The first-order chi connectivity index (χ1) is 10.7. The lowest BCUT2D eigenvalue weighted by Gasteiger charge is -2.52. The summed E-state index contributed by atoms with van der Waals surface area (Å²) in [5, 5.41) is 0. The van der Waals surface area contributed by atoms with E-state index in [1.165, 1.54) is 19.3 Å². The summed E-state index contributed by atoms with van der Waals surface area (Å²) in [7, 11) is 0. The van der Waals surface area contributed by atoms with Crippen molar-refractivity contribution < 1.29 is 0 Å². The normalized spacial score (nSPS) is 16.8. The quantitative estimate of drug-likeness (QED) is 0.461. The lowest BCUT2D eigenvalue weighted by atomic mass is 9.52. The minimum atomic E-state index is 0.381. The molecule has 0 aliphatic carbocycles. The molecule has 1 atom stereocenters. The minimum absolute atomic E-state index is 0.381. The van der Waals surface area contributed by atoms with Gasteiger partial charge in [-0.15, -0.1) is 0 Å². The molecule has 0 aliphatic heterocycles. The lowest BCUT2D eigenvalue weighted by Crippen LogP contribution is -2.44. The average molecular weight is 355 g/mol. The third-order valence-corrected chi connectivity index (χ3v) is 9.19. The Morgan fingerprint density at radius 1 is 0.400 bits per heavy atom. The van der Waals surface area contributed by atoms with Crippen LogP contribution in [0.4, 0.5) is 0 Å². The maximum absolute atomic E-state index is 2.44. The first kappa shape index (κ1) is 27.2. The van der Waals surface area contributed by atoms with Gasteiger partial charge in [0, 0.05) is 0 Å². The molecular formula is C25H54. The van der Waals surface area contributed by atoms with E-state index >= 15 is 0 Å². The molecule has 1 unspecified atom stereocenters. The van der Waals surface area contributed by atoms with Gasteiger partial charge in [-0.2, -0.15) is 0 Å². The van der Waals surface area contributed by atoms with Gasteiger partial charge < -0.3 is 0 Å². The topological polar surface area (TPSA) is 0 Å². The molecule has 0 heterocycles. The molecule has 0 saturated carbocycles. The summed E-state index contributed by atoms with van der Waals surface area (Å²) in [6.45, 7) is 37.8. The Hall–Kier alpha value is 0. The molecule has 0 aromatic carbocycles. The zero-order valence-corrected chi connectivity index (χ0v) is 21.1. The highest BCUT2D eigenvalue weighted by Gasteiger charge is 2.46. The SMILES string of the molecule is CCC(C)(C)C(C)(C)C(C)(C)C.CCC(C)(C)C(C)(CC)C(C)(C)C. The van der Waals surface area contributed by atoms with E-state index in [0.717, 1.165) is 0 Å². The highest BCUT2D eigenvalue weighted by molar-refractivity contribution is 4.96. The number of hydrogen-bond donors (Lipinski definition) is 0. The monoisotopic (exact) mass is 354 g/mol. The van der Waals surface area contributed by atoms with Crippen molar-refractivity contribution >= 4 is 0 Å². The zero-order chi connectivity index (χ0) is 21.1. The van der Waals surface area contributed by atoms with Crippen LogP contribution < -0.4 is 0 Å². The second-order valence-electron chi connectivity index (χ2n) is 12.3. The Bertz CT molecular complexity index is 381. The molecule has 0 fully saturated rings. The lowest BCUT2D eigenvalue weighted by molar-refractivity contribution is -0.0317. The third kappa shape index (κ3) is 5.74. The van der Waals surface area contributed by atoms with Gasteiger partial charge in [-0.3, -0.25) is 0 Å². The molecule has 154 valence electrons. The van der Waals surface area contributed by atoms with E-state index < -0.39 is 0 Å². The Morgan fingerprint density at radius 2 is 0.720 bits per heavy atom. The smallest absolute Gasteiger partial charge is 0.0229 e. The molecule has 0 N–H and O–H groups in total. The van der Waals surface area contributed by atoms with Crippen molar-refractivity contribution in [3.05, 3.63) is 0 Å². The van der Waals surface area contributed by atoms with Gasteiger partial charge in [0.2, 0.25) is 0 Å². The van der Waals surface area contributed by atoms with Crippen LogP contribution >= 0.6 is 0 Å². The van der Waals surface area contributed by atoms with Crippen LogP contribution in [-0.2, 0) is 0 Å². The molecule has 0 heteroatoms. The van der Waals surface area contributed by atoms with Crippen molar-refractivity contribution in [2.45, 2.75) is 130 Å². The number of hydrogen-bond acceptors (Lipinski definition) is 0. The largest absolute Gasteiger partial charge is 0.0649 e. The molecule has 0 nitrogen and oxygen atoms in total. The van der Waals surface area contributed by atoms with Gasteiger partial charge in [-0.05, 0) is 38.9 Å². The second kappa shape index (κ2) is 8.35. The fourth-order valence-electron chi connectivity index (χ4n) is 3.87. The Kier molecular flexibility index (Phi) is 9.09. The predicted molar refractivity (Wildman–Crippen MR) is 119 cm³/mol. The number of rotatable bonds is 5. The molecule has 0 saturated heterocycles. The van der Waals surface area contributed by atoms with Gasteiger partial charge in [-0.1, -0.05) is 124 Å². The van der Waals surface area contributed by atoms with Crippen LogP contribution in [0.15, 0.2) is 0 Å². The van der Waals surface area contributed by atoms with E-state index in [9.17, 15) is 0 Å². The van der Waals surface area contributed by atoms with E-state index in [2.05, 4.69) is 111 Å². The molecular weight excluding hydrogens is 300 g/mol. The predicted octanol–water partition coefficient (Wildman–Crippen LogP) is 9.38. The molecule has 0 aromatic heterocycles. The van der Waals surface area contributed by atoms with Crippen molar-refractivity contribution in [3.8, 4) is 0 Å². The van der Waals surface area contributed by atoms with E-state index in [4.69, 9.17) is 0 Å². The van der Waals surface area contributed by atoms with Gasteiger partial charge in [0.25, 0.3) is 0 Å². The van der Waals surface area contributed by atoms with Gasteiger partial charge in [-0.25, -0.2) is 0 Å². The van der Waals surface area contributed by atoms with Crippen LogP contribution in [0.5, 0.6) is 0 Å². The Labute approximate surface area is 163 Å². The van der Waals surface area contributed by atoms with Crippen LogP contribution in [0.3, 0.4) is 0 Å². The van der Waals surface area contributed by atoms with Crippen LogP contribution in [-0.4, -0.2) is 0 Å². The van der Waals surface area contributed by atoms with Crippen molar-refractivity contribution in [1.29, 1.82) is 0 Å². The summed E-state index contributed by atoms with van der Waals surface area (Å²) in [6, 6.07) is 0.